The Morgan fingerprint density at radius 3 is 1.71 bits per heavy atom. The Hall–Kier alpha value is -1.37. The van der Waals surface area contributed by atoms with Crippen molar-refractivity contribution in [2.24, 2.45) is 0 Å². The second-order valence-electron chi connectivity index (χ2n) is 4.72. The van der Waals surface area contributed by atoms with Crippen molar-refractivity contribution in [3.05, 3.63) is 71.8 Å². The highest BCUT2D eigenvalue weighted by atomic mass is 32.2. The topological polar surface area (TPSA) is 23.8 Å². The van der Waals surface area contributed by atoms with E-state index in [1.807, 2.05) is 35.7 Å². The van der Waals surface area contributed by atoms with Crippen molar-refractivity contribution < 1.29 is 0 Å². The maximum atomic E-state index is 8.82. The van der Waals surface area contributed by atoms with Crippen LogP contribution in [-0.2, 0) is 11.5 Å². The summed E-state index contributed by atoms with van der Waals surface area (Å²) >= 11 is 3.89. The van der Waals surface area contributed by atoms with E-state index in [0.717, 1.165) is 17.9 Å². The molecule has 0 atom stereocenters. The van der Waals surface area contributed by atoms with Crippen LogP contribution in [0.5, 0.6) is 0 Å². The van der Waals surface area contributed by atoms with Gasteiger partial charge in [-0.3, -0.25) is 0 Å². The zero-order valence-corrected chi connectivity index (χ0v) is 13.6. The van der Waals surface area contributed by atoms with Crippen molar-refractivity contribution in [2.75, 3.05) is 0 Å². The molecule has 0 radical (unpaired) electrons. The zero-order valence-electron chi connectivity index (χ0n) is 11.9. The van der Waals surface area contributed by atoms with Gasteiger partial charge >= 0.3 is 0 Å². The van der Waals surface area contributed by atoms with E-state index in [-0.39, 0.29) is 0 Å². The average Bonchev–Trinajstić information content (AvgIpc) is 2.56. The van der Waals surface area contributed by atoms with Crippen LogP contribution in [0, 0.1) is 11.3 Å². The quantitative estimate of drug-likeness (QED) is 0.603. The molecule has 2 aromatic rings. The van der Waals surface area contributed by atoms with Gasteiger partial charge < -0.3 is 0 Å². The summed E-state index contributed by atoms with van der Waals surface area (Å²) in [5.41, 5.74) is 2.70. The van der Waals surface area contributed by atoms with E-state index in [4.69, 9.17) is 5.26 Å². The van der Waals surface area contributed by atoms with Crippen LogP contribution < -0.4 is 0 Å². The summed E-state index contributed by atoms with van der Waals surface area (Å²) in [5.74, 6) is 2.03. The molecule has 0 saturated heterocycles. The molecule has 0 aromatic heterocycles. The highest BCUT2D eigenvalue weighted by Gasteiger charge is 2.10. The SMILES string of the molecule is N#CCCC(SCc1ccccc1)SCc1ccccc1. The lowest BCUT2D eigenvalue weighted by atomic mass is 10.2. The molecule has 3 heteroatoms. The van der Waals surface area contributed by atoms with Gasteiger partial charge in [-0.1, -0.05) is 60.7 Å². The fraction of sp³-hybridized carbons (Fsp3) is 0.278. The number of benzene rings is 2. The second kappa shape index (κ2) is 9.55. The number of nitrogens with zero attached hydrogens (tertiary/aromatic N) is 1. The first-order valence-electron chi connectivity index (χ1n) is 7.06. The predicted octanol–water partition coefficient (Wildman–Crippen LogP) is 5.48. The van der Waals surface area contributed by atoms with Crippen molar-refractivity contribution >= 4 is 23.5 Å². The van der Waals surface area contributed by atoms with Crippen LogP contribution in [0.3, 0.4) is 0 Å². The standard InChI is InChI=1S/C18H19NS2/c19-13-7-12-18(20-14-16-8-3-1-4-9-16)21-15-17-10-5-2-6-11-17/h1-6,8-11,18H,7,12,14-15H2. The predicted molar refractivity (Wildman–Crippen MR) is 94.1 cm³/mol. The highest BCUT2D eigenvalue weighted by Crippen LogP contribution is 2.32. The largest absolute Gasteiger partial charge is 0.198 e. The van der Waals surface area contributed by atoms with Gasteiger partial charge in [0.2, 0.25) is 0 Å². The van der Waals surface area contributed by atoms with Gasteiger partial charge in [0.25, 0.3) is 0 Å². The molecule has 0 N–H and O–H groups in total. The second-order valence-corrected chi connectivity index (χ2v) is 7.40. The normalized spacial score (nSPS) is 10.5. The summed E-state index contributed by atoms with van der Waals surface area (Å²) < 4.78 is 0.477. The van der Waals surface area contributed by atoms with E-state index < -0.39 is 0 Å². The molecule has 0 bridgehead atoms. The fourth-order valence-corrected chi connectivity index (χ4v) is 4.43. The fourth-order valence-electron chi connectivity index (χ4n) is 1.92. The number of nitriles is 1. The van der Waals surface area contributed by atoms with Crippen LogP contribution in [0.1, 0.15) is 24.0 Å². The minimum Gasteiger partial charge on any atom is -0.198 e. The molecule has 0 saturated carbocycles. The van der Waals surface area contributed by atoms with E-state index in [2.05, 4.69) is 54.6 Å². The number of hydrogen-bond donors (Lipinski definition) is 0. The number of thioether (sulfide) groups is 2. The third-order valence-electron chi connectivity index (χ3n) is 3.05. The van der Waals surface area contributed by atoms with Gasteiger partial charge in [0, 0.05) is 17.9 Å². The van der Waals surface area contributed by atoms with Crippen LogP contribution >= 0.6 is 23.5 Å². The van der Waals surface area contributed by atoms with Gasteiger partial charge in [-0.2, -0.15) is 5.26 Å². The van der Waals surface area contributed by atoms with Gasteiger partial charge in [-0.25, -0.2) is 0 Å². The average molecular weight is 313 g/mol. The van der Waals surface area contributed by atoms with Crippen LogP contribution in [0.4, 0.5) is 0 Å². The molecule has 0 spiro atoms. The number of hydrogen-bond acceptors (Lipinski definition) is 3. The summed E-state index contributed by atoms with van der Waals surface area (Å²) in [7, 11) is 0. The molecule has 108 valence electrons. The van der Waals surface area contributed by atoms with Crippen LogP contribution in [-0.4, -0.2) is 4.58 Å². The molecule has 1 nitrogen and oxygen atoms in total. The third-order valence-corrected chi connectivity index (χ3v) is 6.08. The maximum Gasteiger partial charge on any atom is 0.0622 e. The summed E-state index contributed by atoms with van der Waals surface area (Å²) in [4.78, 5) is 0. The van der Waals surface area contributed by atoms with Gasteiger partial charge in [0.15, 0.2) is 0 Å². The first kappa shape index (κ1) is 16.0. The smallest absolute Gasteiger partial charge is 0.0622 e. The minimum absolute atomic E-state index is 0.477. The Labute approximate surface area is 135 Å². The molecule has 0 amide bonds. The van der Waals surface area contributed by atoms with E-state index in [9.17, 15) is 0 Å². The Kier molecular flexibility index (Phi) is 7.28. The lowest BCUT2D eigenvalue weighted by Crippen LogP contribution is -1.99. The van der Waals surface area contributed by atoms with Gasteiger partial charge in [-0.15, -0.1) is 23.5 Å². The van der Waals surface area contributed by atoms with Crippen LogP contribution in [0.25, 0.3) is 0 Å². The van der Waals surface area contributed by atoms with E-state index in [1.54, 1.807) is 0 Å². The Morgan fingerprint density at radius 2 is 1.29 bits per heavy atom. The first-order valence-corrected chi connectivity index (χ1v) is 9.16. The van der Waals surface area contributed by atoms with Crippen molar-refractivity contribution in [3.8, 4) is 6.07 Å². The molecule has 21 heavy (non-hydrogen) atoms. The van der Waals surface area contributed by atoms with Gasteiger partial charge in [0.05, 0.1) is 10.7 Å². The Balaban J connectivity index is 1.84. The van der Waals surface area contributed by atoms with Crippen molar-refractivity contribution in [2.45, 2.75) is 28.9 Å². The zero-order chi connectivity index (χ0) is 14.8. The van der Waals surface area contributed by atoms with Crippen molar-refractivity contribution in [1.29, 1.82) is 5.26 Å². The van der Waals surface area contributed by atoms with E-state index >= 15 is 0 Å². The Bertz CT molecular complexity index is 505. The van der Waals surface area contributed by atoms with Crippen LogP contribution in [0.2, 0.25) is 0 Å². The first-order chi connectivity index (χ1) is 10.4. The van der Waals surface area contributed by atoms with Gasteiger partial charge in [0.1, 0.15) is 0 Å². The Morgan fingerprint density at radius 1 is 0.810 bits per heavy atom. The molecular weight excluding hydrogens is 294 g/mol. The van der Waals surface area contributed by atoms with Crippen molar-refractivity contribution in [1.82, 2.24) is 0 Å². The van der Waals surface area contributed by atoms with E-state index in [1.165, 1.54) is 11.1 Å². The monoisotopic (exact) mass is 313 g/mol. The highest BCUT2D eigenvalue weighted by molar-refractivity contribution is 8.16. The summed E-state index contributed by atoms with van der Waals surface area (Å²) in [6.45, 7) is 0. The molecule has 0 aliphatic carbocycles. The lowest BCUT2D eigenvalue weighted by Gasteiger charge is -2.15. The van der Waals surface area contributed by atoms with Gasteiger partial charge in [-0.05, 0) is 17.5 Å². The van der Waals surface area contributed by atoms with Crippen LogP contribution in [0.15, 0.2) is 60.7 Å². The summed E-state index contributed by atoms with van der Waals surface area (Å²) in [6.07, 6.45) is 1.58. The number of rotatable bonds is 8. The molecule has 2 rings (SSSR count). The summed E-state index contributed by atoms with van der Waals surface area (Å²) in [5, 5.41) is 8.82. The maximum absolute atomic E-state index is 8.82. The molecular formula is C18H19NS2. The minimum atomic E-state index is 0.477. The summed E-state index contributed by atoms with van der Waals surface area (Å²) in [6, 6.07) is 23.3. The lowest BCUT2D eigenvalue weighted by molar-refractivity contribution is 0.945. The van der Waals surface area contributed by atoms with Crippen molar-refractivity contribution in [3.63, 3.8) is 0 Å². The molecule has 0 fully saturated rings. The van der Waals surface area contributed by atoms with E-state index in [0.29, 0.717) is 11.0 Å². The molecule has 0 unspecified atom stereocenters. The molecule has 0 heterocycles. The molecule has 0 aliphatic heterocycles. The third kappa shape index (κ3) is 6.29. The molecule has 2 aromatic carbocycles. The molecule has 0 aliphatic rings.